The summed E-state index contributed by atoms with van der Waals surface area (Å²) >= 11 is 6.07. The first-order chi connectivity index (χ1) is 11.4. The number of nitrogens with one attached hydrogen (secondary N) is 1. The second-order valence-electron chi connectivity index (χ2n) is 5.45. The predicted molar refractivity (Wildman–Crippen MR) is 93.9 cm³/mol. The van der Waals surface area contributed by atoms with E-state index in [4.69, 9.17) is 16.3 Å². The number of methoxy groups -OCH3 is 1. The fraction of sp³-hybridized carbons (Fsp3) is 0.353. The molecule has 24 heavy (non-hydrogen) atoms. The number of amides is 1. The number of nitrogens with zero attached hydrogens (tertiary/aromatic N) is 2. The molecule has 0 spiro atoms. The average molecular weight is 350 g/mol. The Morgan fingerprint density at radius 2 is 2.08 bits per heavy atom. The fourth-order valence-electron chi connectivity index (χ4n) is 2.59. The van der Waals surface area contributed by atoms with E-state index in [2.05, 4.69) is 10.3 Å². The smallest absolute Gasteiger partial charge is 0.348 e. The number of halogens is 1. The first kappa shape index (κ1) is 18.0. The lowest BCUT2D eigenvalue weighted by Gasteiger charge is -2.20. The zero-order chi connectivity index (χ0) is 17.9. The highest BCUT2D eigenvalue weighted by Crippen LogP contribution is 2.27. The standard InChI is InChI=1S/C17H20ClN3O3/c1-5-14(21-11(3)8-10(2)19-17(21)23)16(22)20-12-6-7-15(24-4)13(18)9-12/h6-9,14H,5H2,1-4H3,(H,20,22). The van der Waals surface area contributed by atoms with E-state index in [9.17, 15) is 9.59 Å². The third-order valence-electron chi connectivity index (χ3n) is 3.70. The summed E-state index contributed by atoms with van der Waals surface area (Å²) in [5.74, 6) is 0.228. The number of hydrogen-bond acceptors (Lipinski definition) is 4. The molecule has 1 unspecified atom stereocenters. The zero-order valence-electron chi connectivity index (χ0n) is 14.1. The lowest BCUT2D eigenvalue weighted by atomic mass is 10.1. The summed E-state index contributed by atoms with van der Waals surface area (Å²) in [7, 11) is 1.52. The molecule has 1 heterocycles. The molecular weight excluding hydrogens is 330 g/mol. The molecule has 0 bridgehead atoms. The van der Waals surface area contributed by atoms with Crippen LogP contribution in [0.5, 0.6) is 5.75 Å². The Balaban J connectivity index is 2.30. The van der Waals surface area contributed by atoms with Gasteiger partial charge in [-0.2, -0.15) is 4.98 Å². The number of carbonyl (C=O) groups excluding carboxylic acids is 1. The number of ether oxygens (including phenoxy) is 1. The van der Waals surface area contributed by atoms with Gasteiger partial charge in [-0.25, -0.2) is 4.79 Å². The van der Waals surface area contributed by atoms with Crippen molar-refractivity contribution in [1.82, 2.24) is 9.55 Å². The van der Waals surface area contributed by atoms with E-state index >= 15 is 0 Å². The van der Waals surface area contributed by atoms with Crippen LogP contribution >= 0.6 is 11.6 Å². The quantitative estimate of drug-likeness (QED) is 0.900. The first-order valence-electron chi connectivity index (χ1n) is 7.58. The Kier molecular flexibility index (Phi) is 5.62. The maximum Gasteiger partial charge on any atom is 0.348 e. The molecule has 0 aliphatic heterocycles. The maximum absolute atomic E-state index is 12.6. The molecule has 0 aliphatic carbocycles. The minimum atomic E-state index is -0.647. The monoisotopic (exact) mass is 349 g/mol. The van der Waals surface area contributed by atoms with E-state index in [-0.39, 0.29) is 5.91 Å². The summed E-state index contributed by atoms with van der Waals surface area (Å²) in [5, 5.41) is 3.18. The van der Waals surface area contributed by atoms with Crippen LogP contribution < -0.4 is 15.7 Å². The summed E-state index contributed by atoms with van der Waals surface area (Å²) in [6.45, 7) is 5.38. The van der Waals surface area contributed by atoms with Gasteiger partial charge in [0.2, 0.25) is 5.91 Å². The lowest BCUT2D eigenvalue weighted by molar-refractivity contribution is -0.119. The minimum absolute atomic E-state index is 0.297. The van der Waals surface area contributed by atoms with Crippen LogP contribution in [-0.2, 0) is 4.79 Å². The number of benzene rings is 1. The lowest BCUT2D eigenvalue weighted by Crippen LogP contribution is -2.36. The van der Waals surface area contributed by atoms with Crippen molar-refractivity contribution >= 4 is 23.2 Å². The second kappa shape index (κ2) is 7.49. The maximum atomic E-state index is 12.6. The molecule has 1 N–H and O–H groups in total. The molecule has 0 radical (unpaired) electrons. The van der Waals surface area contributed by atoms with Gasteiger partial charge in [0.15, 0.2) is 0 Å². The minimum Gasteiger partial charge on any atom is -0.495 e. The molecule has 1 aromatic heterocycles. The van der Waals surface area contributed by atoms with E-state index < -0.39 is 11.7 Å². The van der Waals surface area contributed by atoms with Gasteiger partial charge in [-0.15, -0.1) is 0 Å². The van der Waals surface area contributed by atoms with E-state index in [1.54, 1.807) is 38.1 Å². The molecule has 1 aromatic carbocycles. The molecule has 0 fully saturated rings. The zero-order valence-corrected chi connectivity index (χ0v) is 14.8. The third-order valence-corrected chi connectivity index (χ3v) is 3.99. The van der Waals surface area contributed by atoms with E-state index in [0.717, 1.165) is 0 Å². The van der Waals surface area contributed by atoms with Gasteiger partial charge in [0.05, 0.1) is 12.1 Å². The molecule has 128 valence electrons. The van der Waals surface area contributed by atoms with Crippen molar-refractivity contribution in [3.05, 3.63) is 51.2 Å². The van der Waals surface area contributed by atoms with Gasteiger partial charge in [0.1, 0.15) is 11.8 Å². The van der Waals surface area contributed by atoms with Crippen LogP contribution in [0, 0.1) is 13.8 Å². The SMILES string of the molecule is CCC(C(=O)Nc1ccc(OC)c(Cl)c1)n1c(C)cc(C)nc1=O. The van der Waals surface area contributed by atoms with Crippen LogP contribution in [0.2, 0.25) is 5.02 Å². The topological polar surface area (TPSA) is 73.2 Å². The number of aromatic nitrogens is 2. The van der Waals surface area contributed by atoms with Crippen LogP contribution in [0.4, 0.5) is 5.69 Å². The molecule has 1 amide bonds. The predicted octanol–water partition coefficient (Wildman–Crippen LogP) is 3.11. The summed E-state index contributed by atoms with van der Waals surface area (Å²) in [6, 6.07) is 6.10. The van der Waals surface area contributed by atoms with Crippen LogP contribution in [0.1, 0.15) is 30.8 Å². The molecule has 7 heteroatoms. The Morgan fingerprint density at radius 3 is 2.62 bits per heavy atom. The molecule has 0 saturated carbocycles. The van der Waals surface area contributed by atoms with Crippen molar-refractivity contribution in [3.8, 4) is 5.75 Å². The summed E-state index contributed by atoms with van der Waals surface area (Å²) < 4.78 is 6.50. The molecule has 1 atom stereocenters. The van der Waals surface area contributed by atoms with Gasteiger partial charge >= 0.3 is 5.69 Å². The van der Waals surface area contributed by atoms with Gasteiger partial charge < -0.3 is 10.1 Å². The molecule has 0 aliphatic rings. The van der Waals surface area contributed by atoms with Crippen LogP contribution in [0.15, 0.2) is 29.1 Å². The number of anilines is 1. The molecule has 2 aromatic rings. The van der Waals surface area contributed by atoms with Crippen molar-refractivity contribution in [2.75, 3.05) is 12.4 Å². The van der Waals surface area contributed by atoms with Crippen molar-refractivity contribution in [2.45, 2.75) is 33.2 Å². The normalized spacial score (nSPS) is 11.9. The molecule has 2 rings (SSSR count). The number of carbonyl (C=O) groups is 1. The Hall–Kier alpha value is -2.34. The highest BCUT2D eigenvalue weighted by atomic mass is 35.5. The second-order valence-corrected chi connectivity index (χ2v) is 5.86. The van der Waals surface area contributed by atoms with Gasteiger partial charge in [-0.05, 0) is 44.5 Å². The van der Waals surface area contributed by atoms with Crippen molar-refractivity contribution in [1.29, 1.82) is 0 Å². The van der Waals surface area contributed by atoms with Gasteiger partial charge in [-0.3, -0.25) is 9.36 Å². The van der Waals surface area contributed by atoms with Crippen molar-refractivity contribution in [3.63, 3.8) is 0 Å². The number of rotatable bonds is 5. The summed E-state index contributed by atoms with van der Waals surface area (Å²) in [5.41, 5.74) is 1.44. The highest BCUT2D eigenvalue weighted by Gasteiger charge is 2.22. The van der Waals surface area contributed by atoms with Crippen LogP contribution in [0.3, 0.4) is 0 Å². The number of hydrogen-bond donors (Lipinski definition) is 1. The summed E-state index contributed by atoms with van der Waals surface area (Å²) in [6.07, 6.45) is 0.460. The Bertz CT molecular complexity index is 817. The first-order valence-corrected chi connectivity index (χ1v) is 7.96. The summed E-state index contributed by atoms with van der Waals surface area (Å²) in [4.78, 5) is 28.7. The van der Waals surface area contributed by atoms with Gasteiger partial charge in [-0.1, -0.05) is 18.5 Å². The largest absolute Gasteiger partial charge is 0.495 e. The van der Waals surface area contributed by atoms with Crippen LogP contribution in [-0.4, -0.2) is 22.6 Å². The van der Waals surface area contributed by atoms with Crippen molar-refractivity contribution in [2.24, 2.45) is 0 Å². The van der Waals surface area contributed by atoms with Gasteiger partial charge in [0.25, 0.3) is 0 Å². The van der Waals surface area contributed by atoms with Gasteiger partial charge in [0, 0.05) is 17.1 Å². The average Bonchev–Trinajstić information content (AvgIpc) is 2.50. The molecule has 0 saturated heterocycles. The van der Waals surface area contributed by atoms with E-state index in [1.807, 2.05) is 6.92 Å². The highest BCUT2D eigenvalue weighted by molar-refractivity contribution is 6.32. The van der Waals surface area contributed by atoms with Crippen molar-refractivity contribution < 1.29 is 9.53 Å². The molecule has 6 nitrogen and oxygen atoms in total. The van der Waals surface area contributed by atoms with Crippen LogP contribution in [0.25, 0.3) is 0 Å². The number of aryl methyl sites for hydroxylation is 2. The third kappa shape index (κ3) is 3.76. The fourth-order valence-corrected chi connectivity index (χ4v) is 2.85. The Labute approximate surface area is 145 Å². The molecular formula is C17H20ClN3O3. The van der Waals surface area contributed by atoms with E-state index in [0.29, 0.717) is 34.3 Å². The Morgan fingerprint density at radius 1 is 1.38 bits per heavy atom. The van der Waals surface area contributed by atoms with E-state index in [1.165, 1.54) is 11.7 Å².